The first-order valence-electron chi connectivity index (χ1n) is 10.3. The number of carboxylic acid groups (broad SMARTS) is 1. The summed E-state index contributed by atoms with van der Waals surface area (Å²) in [5.41, 5.74) is 6.23. The third-order valence-corrected chi connectivity index (χ3v) is 4.27. The van der Waals surface area contributed by atoms with Gasteiger partial charge in [-0.05, 0) is 44.4 Å². The van der Waals surface area contributed by atoms with E-state index in [0.29, 0.717) is 5.56 Å². The summed E-state index contributed by atoms with van der Waals surface area (Å²) in [5, 5.41) is 9.49. The Hall–Kier alpha value is -3.54. The summed E-state index contributed by atoms with van der Waals surface area (Å²) in [6, 6.07) is 2.63. The lowest BCUT2D eigenvalue weighted by Gasteiger charge is -2.27. The zero-order valence-electron chi connectivity index (χ0n) is 18.9. The summed E-state index contributed by atoms with van der Waals surface area (Å²) in [5.74, 6) is -3.17. The second-order valence-electron chi connectivity index (χ2n) is 6.64. The Bertz CT molecular complexity index is 826. The van der Waals surface area contributed by atoms with Gasteiger partial charge in [-0.25, -0.2) is 14.4 Å². The van der Waals surface area contributed by atoms with Gasteiger partial charge in [-0.1, -0.05) is 13.0 Å². The van der Waals surface area contributed by atoms with Gasteiger partial charge in [-0.15, -0.1) is 0 Å². The monoisotopic (exact) mass is 471 g/mol. The molecular formula is C21H29NO11. The molecule has 1 rings (SSSR count). The molecule has 0 saturated carbocycles. The molecule has 33 heavy (non-hydrogen) atoms. The number of carbonyl (C=O) groups excluding carboxylic acids is 3. The normalized spacial score (nSPS) is 13.1. The summed E-state index contributed by atoms with van der Waals surface area (Å²) in [6.45, 7) is 6.39. The minimum atomic E-state index is -1.40. The Labute approximate surface area is 190 Å². The molecule has 0 amide bonds. The zero-order chi connectivity index (χ0) is 25.0. The molecule has 0 saturated heterocycles. The molecule has 0 radical (unpaired) electrons. The number of benzene rings is 1. The highest BCUT2D eigenvalue weighted by Crippen LogP contribution is 2.36. The average molecular weight is 471 g/mol. The van der Waals surface area contributed by atoms with Crippen LogP contribution in [-0.2, 0) is 23.7 Å². The maximum atomic E-state index is 11.9. The molecule has 3 N–H and O–H groups in total. The molecule has 0 aliphatic carbocycles. The summed E-state index contributed by atoms with van der Waals surface area (Å²) in [6.07, 6.45) is -3.01. The van der Waals surface area contributed by atoms with E-state index in [-0.39, 0.29) is 37.9 Å². The molecular weight excluding hydrogens is 442 g/mol. The lowest BCUT2D eigenvalue weighted by atomic mass is 9.82. The first-order chi connectivity index (χ1) is 15.6. The average Bonchev–Trinajstić information content (AvgIpc) is 2.74. The lowest BCUT2D eigenvalue weighted by Crippen LogP contribution is -2.40. The van der Waals surface area contributed by atoms with Crippen molar-refractivity contribution < 1.29 is 52.7 Å². The molecule has 0 fully saturated rings. The van der Waals surface area contributed by atoms with Gasteiger partial charge in [0.15, 0.2) is 11.5 Å². The SMILES string of the molecule is CCOC(=O)OC[C@H](C)C(c1ccc(OC(=O)OCC)c(OC(=O)OCC)c1)[C@H](N)C(=O)O. The number of rotatable bonds is 11. The van der Waals surface area contributed by atoms with Crippen molar-refractivity contribution in [2.24, 2.45) is 11.7 Å². The first kappa shape index (κ1) is 27.5. The Morgan fingerprint density at radius 2 is 1.36 bits per heavy atom. The van der Waals surface area contributed by atoms with Gasteiger partial charge >= 0.3 is 24.4 Å². The zero-order valence-corrected chi connectivity index (χ0v) is 18.9. The molecule has 0 aliphatic rings. The Balaban J connectivity index is 3.31. The van der Waals surface area contributed by atoms with Gasteiger partial charge in [0.25, 0.3) is 0 Å². The van der Waals surface area contributed by atoms with Crippen LogP contribution in [0, 0.1) is 5.92 Å². The number of nitrogens with two attached hydrogens (primary N) is 1. The summed E-state index contributed by atoms with van der Waals surface area (Å²) in [4.78, 5) is 46.8. The van der Waals surface area contributed by atoms with E-state index < -0.39 is 42.3 Å². The second-order valence-corrected chi connectivity index (χ2v) is 6.64. The summed E-state index contributed by atoms with van der Waals surface area (Å²) in [7, 11) is 0. The molecule has 12 nitrogen and oxygen atoms in total. The highest BCUT2D eigenvalue weighted by atomic mass is 16.7. The number of carbonyl (C=O) groups is 4. The molecule has 184 valence electrons. The van der Waals surface area contributed by atoms with E-state index in [9.17, 15) is 24.3 Å². The van der Waals surface area contributed by atoms with Gasteiger partial charge < -0.3 is 39.3 Å². The molecule has 0 spiro atoms. The van der Waals surface area contributed by atoms with E-state index in [2.05, 4.69) is 0 Å². The van der Waals surface area contributed by atoms with E-state index in [4.69, 9.17) is 34.2 Å². The topological polar surface area (TPSA) is 170 Å². The standard InChI is InChI=1S/C21H29NO11/c1-5-28-19(25)31-11-12(4)16(17(22)18(23)24)13-8-9-14(32-20(26)29-6-2)15(10-13)33-21(27)30-7-3/h8-10,12,16-17H,5-7,11,22H2,1-4H3,(H,23,24)/t12-,16?,17-/m0/s1. The van der Waals surface area contributed by atoms with Crippen molar-refractivity contribution in [3.63, 3.8) is 0 Å². The Morgan fingerprint density at radius 1 is 0.848 bits per heavy atom. The number of carboxylic acids is 1. The van der Waals surface area contributed by atoms with Crippen LogP contribution in [-0.4, -0.2) is 62.0 Å². The third-order valence-electron chi connectivity index (χ3n) is 4.27. The number of hydrogen-bond donors (Lipinski definition) is 2. The smallest absolute Gasteiger partial charge is 0.480 e. The molecule has 0 aromatic heterocycles. The van der Waals surface area contributed by atoms with Gasteiger partial charge in [0.1, 0.15) is 6.04 Å². The molecule has 1 aromatic carbocycles. The number of aliphatic carboxylic acids is 1. The minimum absolute atomic E-state index is 0.0291. The quantitative estimate of drug-likeness (QED) is 0.275. The molecule has 1 aromatic rings. The molecule has 1 unspecified atom stereocenters. The van der Waals surface area contributed by atoms with Crippen molar-refractivity contribution in [1.29, 1.82) is 0 Å². The van der Waals surface area contributed by atoms with Crippen LogP contribution >= 0.6 is 0 Å². The van der Waals surface area contributed by atoms with Crippen molar-refractivity contribution >= 4 is 24.4 Å². The lowest BCUT2D eigenvalue weighted by molar-refractivity contribution is -0.139. The summed E-state index contributed by atoms with van der Waals surface area (Å²) >= 11 is 0. The van der Waals surface area contributed by atoms with Crippen LogP contribution in [0.25, 0.3) is 0 Å². The molecule has 3 atom stereocenters. The van der Waals surface area contributed by atoms with Crippen molar-refractivity contribution in [1.82, 2.24) is 0 Å². The van der Waals surface area contributed by atoms with Crippen LogP contribution in [0.5, 0.6) is 11.5 Å². The molecule has 0 bridgehead atoms. The van der Waals surface area contributed by atoms with Crippen molar-refractivity contribution in [3.8, 4) is 11.5 Å². The fourth-order valence-electron chi connectivity index (χ4n) is 2.88. The van der Waals surface area contributed by atoms with Crippen LogP contribution in [0.1, 0.15) is 39.2 Å². The fourth-order valence-corrected chi connectivity index (χ4v) is 2.88. The van der Waals surface area contributed by atoms with E-state index in [1.165, 1.54) is 18.2 Å². The van der Waals surface area contributed by atoms with Gasteiger partial charge in [0.2, 0.25) is 0 Å². The van der Waals surface area contributed by atoms with Crippen molar-refractivity contribution in [2.45, 2.75) is 39.7 Å². The van der Waals surface area contributed by atoms with Gasteiger partial charge in [0, 0.05) is 5.92 Å². The predicted octanol–water partition coefficient (Wildman–Crippen LogP) is 3.06. The van der Waals surface area contributed by atoms with Crippen molar-refractivity contribution in [3.05, 3.63) is 23.8 Å². The predicted molar refractivity (Wildman–Crippen MR) is 112 cm³/mol. The van der Waals surface area contributed by atoms with Gasteiger partial charge in [-0.2, -0.15) is 0 Å². The van der Waals surface area contributed by atoms with Crippen LogP contribution in [0.3, 0.4) is 0 Å². The second kappa shape index (κ2) is 13.8. The summed E-state index contributed by atoms with van der Waals surface area (Å²) < 4.78 is 29.3. The van der Waals surface area contributed by atoms with E-state index >= 15 is 0 Å². The Kier molecular flexibility index (Phi) is 11.5. The van der Waals surface area contributed by atoms with Crippen LogP contribution < -0.4 is 15.2 Å². The highest BCUT2D eigenvalue weighted by Gasteiger charge is 2.33. The highest BCUT2D eigenvalue weighted by molar-refractivity contribution is 5.75. The van der Waals surface area contributed by atoms with Crippen LogP contribution in [0.4, 0.5) is 14.4 Å². The third kappa shape index (κ3) is 8.85. The van der Waals surface area contributed by atoms with E-state index in [1.54, 1.807) is 27.7 Å². The molecule has 0 heterocycles. The van der Waals surface area contributed by atoms with E-state index in [1.807, 2.05) is 0 Å². The maximum absolute atomic E-state index is 11.9. The first-order valence-corrected chi connectivity index (χ1v) is 10.3. The van der Waals surface area contributed by atoms with Crippen LogP contribution in [0.2, 0.25) is 0 Å². The number of hydrogen-bond acceptors (Lipinski definition) is 11. The maximum Gasteiger partial charge on any atom is 0.513 e. The van der Waals surface area contributed by atoms with Gasteiger partial charge in [-0.3, -0.25) is 4.79 Å². The van der Waals surface area contributed by atoms with Gasteiger partial charge in [0.05, 0.1) is 26.4 Å². The van der Waals surface area contributed by atoms with E-state index in [0.717, 1.165) is 0 Å². The largest absolute Gasteiger partial charge is 0.513 e. The van der Waals surface area contributed by atoms with Crippen molar-refractivity contribution in [2.75, 3.05) is 26.4 Å². The minimum Gasteiger partial charge on any atom is -0.480 e. The van der Waals surface area contributed by atoms with Crippen LogP contribution in [0.15, 0.2) is 18.2 Å². The molecule has 0 aliphatic heterocycles. The molecule has 12 heteroatoms. The number of ether oxygens (including phenoxy) is 6. The Morgan fingerprint density at radius 3 is 1.88 bits per heavy atom. The fraction of sp³-hybridized carbons (Fsp3) is 0.524.